The van der Waals surface area contributed by atoms with Crippen molar-refractivity contribution in [3.63, 3.8) is 0 Å². The largest absolute Gasteiger partial charge is 0.419 e. The summed E-state index contributed by atoms with van der Waals surface area (Å²) in [6, 6.07) is 7.34. The number of benzene rings is 1. The zero-order valence-corrected chi connectivity index (χ0v) is 23.4. The number of nitriles is 1. The smallest absolute Gasteiger partial charge is 0.379 e. The number of piperidine rings is 1. The van der Waals surface area contributed by atoms with Crippen molar-refractivity contribution in [2.24, 2.45) is 11.8 Å². The molecule has 218 valence electrons. The summed E-state index contributed by atoms with van der Waals surface area (Å²) in [7, 11) is -4.21. The number of hydrogen-bond acceptors (Lipinski definition) is 7. The topological polar surface area (TPSA) is 140 Å². The first-order valence-corrected chi connectivity index (χ1v) is 14.3. The van der Waals surface area contributed by atoms with Crippen LogP contribution in [0.25, 0.3) is 0 Å². The second-order valence-electron chi connectivity index (χ2n) is 10.3. The van der Waals surface area contributed by atoms with Gasteiger partial charge in [0.05, 0.1) is 28.1 Å². The van der Waals surface area contributed by atoms with Gasteiger partial charge in [0, 0.05) is 30.5 Å². The molecule has 2 aromatic rings. The second-order valence-corrected chi connectivity index (χ2v) is 12.3. The fourth-order valence-corrected chi connectivity index (χ4v) is 5.75. The molecule has 1 atom stereocenters. The highest BCUT2D eigenvalue weighted by Crippen LogP contribution is 2.32. The van der Waals surface area contributed by atoms with E-state index in [0.717, 1.165) is 26.0 Å². The minimum atomic E-state index is -4.92. The van der Waals surface area contributed by atoms with Gasteiger partial charge in [0.2, 0.25) is 5.91 Å². The number of sulfone groups is 1. The second kappa shape index (κ2) is 12.3. The van der Waals surface area contributed by atoms with Gasteiger partial charge in [-0.3, -0.25) is 9.59 Å². The fraction of sp³-hybridized carbons (Fsp3) is 0.429. The SMILES string of the molecule is CC(C)C(=O)N1CCC(C#Cc2ccc(S(=O)(=O)CC(C)(O)C(=O)Nc3cnc(C#N)c(C(F)(F)F)c3)cc2)CC1. The molecule has 2 amide bonds. The van der Waals surface area contributed by atoms with Crippen LogP contribution in [0.3, 0.4) is 0 Å². The van der Waals surface area contributed by atoms with Crippen molar-refractivity contribution in [1.29, 1.82) is 5.26 Å². The number of carbonyl (C=O) groups excluding carboxylic acids is 2. The summed E-state index contributed by atoms with van der Waals surface area (Å²) in [6.45, 7) is 5.90. The standard InChI is InChI=1S/C28H29F3N4O5S/c1-18(2)25(36)35-12-10-20(11-13-35)5-4-19-6-8-22(9-7-19)41(39,40)17-27(3,38)26(37)34-21-14-23(28(29,30)31)24(15-32)33-16-21/h6-9,14,16,18,20,38H,10-13,17H2,1-3H3,(H,34,37). The zero-order valence-electron chi connectivity index (χ0n) is 22.6. The number of amides is 2. The van der Waals surface area contributed by atoms with E-state index < -0.39 is 50.2 Å². The number of aromatic nitrogens is 1. The van der Waals surface area contributed by atoms with Crippen molar-refractivity contribution in [3.8, 4) is 17.9 Å². The molecule has 0 radical (unpaired) electrons. The number of halogens is 3. The van der Waals surface area contributed by atoms with E-state index in [4.69, 9.17) is 5.26 Å². The van der Waals surface area contributed by atoms with Crippen molar-refractivity contribution in [1.82, 2.24) is 9.88 Å². The zero-order chi connectivity index (χ0) is 30.6. The van der Waals surface area contributed by atoms with Gasteiger partial charge in [-0.25, -0.2) is 13.4 Å². The quantitative estimate of drug-likeness (QED) is 0.492. The third kappa shape index (κ3) is 8.06. The molecule has 3 rings (SSSR count). The Morgan fingerprint density at radius 2 is 1.80 bits per heavy atom. The van der Waals surface area contributed by atoms with E-state index in [1.807, 2.05) is 24.1 Å². The summed E-state index contributed by atoms with van der Waals surface area (Å²) in [5.41, 5.74) is -4.72. The van der Waals surface area contributed by atoms with E-state index in [1.54, 1.807) is 0 Å². The summed E-state index contributed by atoms with van der Waals surface area (Å²) >= 11 is 0. The van der Waals surface area contributed by atoms with Gasteiger partial charge < -0.3 is 15.3 Å². The van der Waals surface area contributed by atoms with Crippen LogP contribution in [0.15, 0.2) is 41.4 Å². The highest BCUT2D eigenvalue weighted by Gasteiger charge is 2.38. The molecule has 41 heavy (non-hydrogen) atoms. The number of aliphatic hydroxyl groups is 1. The van der Waals surface area contributed by atoms with Gasteiger partial charge in [0.1, 0.15) is 6.07 Å². The Morgan fingerprint density at radius 3 is 2.34 bits per heavy atom. The number of alkyl halides is 3. The van der Waals surface area contributed by atoms with Gasteiger partial charge in [-0.15, -0.1) is 0 Å². The van der Waals surface area contributed by atoms with Crippen molar-refractivity contribution < 1.29 is 36.3 Å². The highest BCUT2D eigenvalue weighted by molar-refractivity contribution is 7.91. The van der Waals surface area contributed by atoms with Gasteiger partial charge in [-0.05, 0) is 50.1 Å². The molecule has 2 N–H and O–H groups in total. The average Bonchev–Trinajstić information content (AvgIpc) is 2.91. The van der Waals surface area contributed by atoms with Gasteiger partial charge in [0.15, 0.2) is 21.1 Å². The minimum Gasteiger partial charge on any atom is -0.379 e. The summed E-state index contributed by atoms with van der Waals surface area (Å²) in [5, 5.41) is 21.5. The van der Waals surface area contributed by atoms with Crippen LogP contribution in [-0.2, 0) is 25.6 Å². The van der Waals surface area contributed by atoms with E-state index in [1.165, 1.54) is 30.3 Å². The average molecular weight is 591 g/mol. The maximum Gasteiger partial charge on any atom is 0.419 e. The molecular formula is C28H29F3N4O5S. The number of anilines is 1. The third-order valence-electron chi connectivity index (χ3n) is 6.45. The fourth-order valence-electron chi connectivity index (χ4n) is 4.16. The van der Waals surface area contributed by atoms with E-state index >= 15 is 0 Å². The van der Waals surface area contributed by atoms with Gasteiger partial charge in [-0.2, -0.15) is 18.4 Å². The number of pyridine rings is 1. The molecule has 0 aliphatic carbocycles. The van der Waals surface area contributed by atoms with E-state index in [-0.39, 0.29) is 22.6 Å². The lowest BCUT2D eigenvalue weighted by atomic mass is 9.96. The van der Waals surface area contributed by atoms with Gasteiger partial charge in [-0.1, -0.05) is 25.7 Å². The molecule has 1 aliphatic rings. The van der Waals surface area contributed by atoms with Crippen LogP contribution in [0.2, 0.25) is 0 Å². The highest BCUT2D eigenvalue weighted by atomic mass is 32.2. The molecular weight excluding hydrogens is 561 g/mol. The maximum absolute atomic E-state index is 13.2. The van der Waals surface area contributed by atoms with Crippen LogP contribution in [-0.4, -0.2) is 59.7 Å². The number of rotatable bonds is 6. The summed E-state index contributed by atoms with van der Waals surface area (Å²) in [5.74, 6) is 4.00. The van der Waals surface area contributed by atoms with Crippen LogP contribution in [0.5, 0.6) is 0 Å². The molecule has 1 aliphatic heterocycles. The number of nitrogens with one attached hydrogen (secondary N) is 1. The van der Waals surface area contributed by atoms with Crippen molar-refractivity contribution in [2.75, 3.05) is 24.2 Å². The molecule has 13 heteroatoms. The molecule has 9 nitrogen and oxygen atoms in total. The Balaban J connectivity index is 1.65. The lowest BCUT2D eigenvalue weighted by Gasteiger charge is -2.31. The monoisotopic (exact) mass is 590 g/mol. The Morgan fingerprint density at radius 1 is 1.20 bits per heavy atom. The number of hydrogen-bond donors (Lipinski definition) is 2. The first kappa shape index (κ1) is 31.6. The maximum atomic E-state index is 13.2. The van der Waals surface area contributed by atoms with Crippen LogP contribution in [0, 0.1) is 35.0 Å². The number of carbonyl (C=O) groups is 2. The predicted octanol–water partition coefficient (Wildman–Crippen LogP) is 3.38. The van der Waals surface area contributed by atoms with Crippen molar-refractivity contribution in [2.45, 2.75) is 50.3 Å². The van der Waals surface area contributed by atoms with Gasteiger partial charge in [0.25, 0.3) is 5.91 Å². The molecule has 0 saturated carbocycles. The van der Waals surface area contributed by atoms with Gasteiger partial charge >= 0.3 is 6.18 Å². The first-order valence-electron chi connectivity index (χ1n) is 12.7. The van der Waals surface area contributed by atoms with Crippen LogP contribution in [0.1, 0.15) is 50.4 Å². The minimum absolute atomic E-state index is 0.0585. The number of likely N-dealkylation sites (tertiary alicyclic amines) is 1. The molecule has 1 unspecified atom stereocenters. The van der Waals surface area contributed by atoms with E-state index in [9.17, 15) is 36.3 Å². The molecule has 1 aromatic carbocycles. The molecule has 0 spiro atoms. The Kier molecular flexibility index (Phi) is 9.47. The Bertz CT molecular complexity index is 1510. The molecule has 0 bridgehead atoms. The van der Waals surface area contributed by atoms with Crippen LogP contribution < -0.4 is 5.32 Å². The summed E-state index contributed by atoms with van der Waals surface area (Å²) < 4.78 is 65.4. The normalized spacial score (nSPS) is 15.8. The lowest BCUT2D eigenvalue weighted by molar-refractivity contribution is -0.138. The van der Waals surface area contributed by atoms with Crippen LogP contribution >= 0.6 is 0 Å². The molecule has 1 fully saturated rings. The first-order chi connectivity index (χ1) is 19.0. The summed E-state index contributed by atoms with van der Waals surface area (Å²) in [6.07, 6.45) is -2.65. The third-order valence-corrected chi connectivity index (χ3v) is 8.38. The Hall–Kier alpha value is -3.94. The predicted molar refractivity (Wildman–Crippen MR) is 143 cm³/mol. The molecule has 1 aromatic heterocycles. The Labute approximate surface area is 236 Å². The van der Waals surface area contributed by atoms with Crippen molar-refractivity contribution >= 4 is 27.3 Å². The molecule has 2 heterocycles. The van der Waals surface area contributed by atoms with E-state index in [2.05, 4.69) is 16.8 Å². The van der Waals surface area contributed by atoms with Crippen LogP contribution in [0.4, 0.5) is 18.9 Å². The van der Waals surface area contributed by atoms with E-state index in [0.29, 0.717) is 24.7 Å². The van der Waals surface area contributed by atoms with Crippen molar-refractivity contribution in [3.05, 3.63) is 53.3 Å². The summed E-state index contributed by atoms with van der Waals surface area (Å²) in [4.78, 5) is 29.7. The molecule has 1 saturated heterocycles. The number of nitrogens with zero attached hydrogens (tertiary/aromatic N) is 3. The lowest BCUT2D eigenvalue weighted by Crippen LogP contribution is -2.45.